The molecule has 4 aromatic rings. The van der Waals surface area contributed by atoms with E-state index in [2.05, 4.69) is 10.3 Å². The first-order valence-corrected chi connectivity index (χ1v) is 11.6. The Bertz CT molecular complexity index is 1260. The molecule has 2 amide bonds. The summed E-state index contributed by atoms with van der Waals surface area (Å²) in [4.78, 5) is 31.8. The van der Waals surface area contributed by atoms with E-state index in [9.17, 15) is 9.59 Å². The summed E-state index contributed by atoms with van der Waals surface area (Å²) in [5.41, 5.74) is 4.01. The first kappa shape index (κ1) is 21.9. The molecule has 6 nitrogen and oxygen atoms in total. The molecule has 1 saturated carbocycles. The SMILES string of the molecule is CN(C(=O)c1ccc(-c2nc3ccccc3o2)cc1)[C@@H]1CCC(NC(=O)Cc2ccccc2)C1. The van der Waals surface area contributed by atoms with Gasteiger partial charge in [-0.1, -0.05) is 42.5 Å². The van der Waals surface area contributed by atoms with Gasteiger partial charge in [-0.05, 0) is 61.2 Å². The van der Waals surface area contributed by atoms with Gasteiger partial charge in [0.1, 0.15) is 5.52 Å². The zero-order valence-electron chi connectivity index (χ0n) is 19.1. The normalized spacial score (nSPS) is 17.6. The van der Waals surface area contributed by atoms with E-state index in [1.165, 1.54) is 0 Å². The van der Waals surface area contributed by atoms with E-state index in [0.717, 1.165) is 41.5 Å². The molecule has 5 rings (SSSR count). The average Bonchev–Trinajstić information content (AvgIpc) is 3.51. The van der Waals surface area contributed by atoms with E-state index in [0.29, 0.717) is 17.9 Å². The van der Waals surface area contributed by atoms with Crippen molar-refractivity contribution >= 4 is 22.9 Å². The fourth-order valence-electron chi connectivity index (χ4n) is 4.62. The number of benzene rings is 3. The van der Waals surface area contributed by atoms with Crippen LogP contribution in [0.15, 0.2) is 83.3 Å². The summed E-state index contributed by atoms with van der Waals surface area (Å²) in [6.45, 7) is 0. The first-order chi connectivity index (χ1) is 16.6. The zero-order valence-corrected chi connectivity index (χ0v) is 19.1. The van der Waals surface area contributed by atoms with E-state index in [1.54, 1.807) is 4.90 Å². The van der Waals surface area contributed by atoms with Crippen molar-refractivity contribution in [1.82, 2.24) is 15.2 Å². The second kappa shape index (κ2) is 9.51. The number of oxazole rings is 1. The van der Waals surface area contributed by atoms with Crippen LogP contribution in [0.2, 0.25) is 0 Å². The highest BCUT2D eigenvalue weighted by Crippen LogP contribution is 2.27. The van der Waals surface area contributed by atoms with Crippen molar-refractivity contribution in [3.8, 4) is 11.5 Å². The number of aromatic nitrogens is 1. The molecule has 34 heavy (non-hydrogen) atoms. The molecule has 0 bridgehead atoms. The lowest BCUT2D eigenvalue weighted by atomic mass is 10.1. The lowest BCUT2D eigenvalue weighted by molar-refractivity contribution is -0.121. The molecule has 0 spiro atoms. The van der Waals surface area contributed by atoms with Crippen LogP contribution in [0.25, 0.3) is 22.6 Å². The number of rotatable bonds is 6. The minimum atomic E-state index is -0.0228. The molecule has 1 unspecified atom stereocenters. The summed E-state index contributed by atoms with van der Waals surface area (Å²) < 4.78 is 5.82. The van der Waals surface area contributed by atoms with Crippen LogP contribution in [0.5, 0.6) is 0 Å². The molecule has 0 saturated heterocycles. The summed E-state index contributed by atoms with van der Waals surface area (Å²) in [5, 5.41) is 3.13. The second-order valence-electron chi connectivity index (χ2n) is 8.87. The van der Waals surface area contributed by atoms with Gasteiger partial charge in [-0.3, -0.25) is 9.59 Å². The molecule has 0 radical (unpaired) electrons. The van der Waals surface area contributed by atoms with Crippen LogP contribution in [-0.4, -0.2) is 40.8 Å². The maximum absolute atomic E-state index is 13.1. The Balaban J connectivity index is 1.18. The van der Waals surface area contributed by atoms with E-state index in [1.807, 2.05) is 85.9 Å². The molecule has 2 atom stereocenters. The Morgan fingerprint density at radius 1 is 0.971 bits per heavy atom. The largest absolute Gasteiger partial charge is 0.436 e. The zero-order chi connectivity index (χ0) is 23.5. The Morgan fingerprint density at radius 3 is 2.47 bits per heavy atom. The van der Waals surface area contributed by atoms with E-state index in [4.69, 9.17) is 4.42 Å². The maximum Gasteiger partial charge on any atom is 0.253 e. The number of hydrogen-bond acceptors (Lipinski definition) is 4. The lowest BCUT2D eigenvalue weighted by Gasteiger charge is -2.25. The molecule has 1 aromatic heterocycles. The Kier molecular flexibility index (Phi) is 6.12. The van der Waals surface area contributed by atoms with Gasteiger partial charge in [-0.15, -0.1) is 0 Å². The van der Waals surface area contributed by atoms with Gasteiger partial charge >= 0.3 is 0 Å². The monoisotopic (exact) mass is 453 g/mol. The first-order valence-electron chi connectivity index (χ1n) is 11.6. The van der Waals surface area contributed by atoms with Crippen molar-refractivity contribution in [2.45, 2.75) is 37.8 Å². The quantitative estimate of drug-likeness (QED) is 0.453. The fourth-order valence-corrected chi connectivity index (χ4v) is 4.62. The molecule has 1 N–H and O–H groups in total. The molecule has 1 aliphatic carbocycles. The van der Waals surface area contributed by atoms with E-state index >= 15 is 0 Å². The van der Waals surface area contributed by atoms with Crippen molar-refractivity contribution in [2.24, 2.45) is 0 Å². The summed E-state index contributed by atoms with van der Waals surface area (Å²) in [5.74, 6) is 0.546. The second-order valence-corrected chi connectivity index (χ2v) is 8.87. The Morgan fingerprint density at radius 2 is 1.71 bits per heavy atom. The van der Waals surface area contributed by atoms with Gasteiger partial charge in [-0.2, -0.15) is 0 Å². The van der Waals surface area contributed by atoms with Crippen LogP contribution in [0.1, 0.15) is 35.2 Å². The maximum atomic E-state index is 13.1. The predicted molar refractivity (Wildman–Crippen MR) is 131 cm³/mol. The van der Waals surface area contributed by atoms with Gasteiger partial charge < -0.3 is 14.6 Å². The van der Waals surface area contributed by atoms with Gasteiger partial charge in [0.05, 0.1) is 6.42 Å². The third-order valence-electron chi connectivity index (χ3n) is 6.52. The molecule has 1 heterocycles. The van der Waals surface area contributed by atoms with Gasteiger partial charge in [0.15, 0.2) is 5.58 Å². The van der Waals surface area contributed by atoms with Crippen molar-refractivity contribution < 1.29 is 14.0 Å². The Hall–Kier alpha value is -3.93. The fraction of sp³-hybridized carbons (Fsp3) is 0.250. The van der Waals surface area contributed by atoms with Gasteiger partial charge in [-0.25, -0.2) is 4.98 Å². The van der Waals surface area contributed by atoms with Crippen molar-refractivity contribution in [3.05, 3.63) is 90.0 Å². The van der Waals surface area contributed by atoms with Crippen LogP contribution in [-0.2, 0) is 11.2 Å². The number of hydrogen-bond donors (Lipinski definition) is 1. The average molecular weight is 454 g/mol. The Labute approximate surface area is 198 Å². The summed E-state index contributed by atoms with van der Waals surface area (Å²) in [7, 11) is 1.84. The highest BCUT2D eigenvalue weighted by Gasteiger charge is 2.31. The van der Waals surface area contributed by atoms with Gasteiger partial charge in [0.2, 0.25) is 11.8 Å². The molecular formula is C28H27N3O3. The number of amides is 2. The summed E-state index contributed by atoms with van der Waals surface area (Å²) >= 11 is 0. The van der Waals surface area contributed by atoms with E-state index in [-0.39, 0.29) is 23.9 Å². The van der Waals surface area contributed by atoms with Crippen molar-refractivity contribution in [2.75, 3.05) is 7.05 Å². The molecule has 0 aliphatic heterocycles. The standard InChI is InChI=1S/C28H27N3O3/c1-31(23-16-15-22(18-23)29-26(32)17-19-7-3-2-4-8-19)28(33)21-13-11-20(12-14-21)27-30-24-9-5-6-10-25(24)34-27/h2-14,22-23H,15-18H2,1H3,(H,29,32)/t22?,23-/m1/s1. The third-order valence-corrected chi connectivity index (χ3v) is 6.52. The number of nitrogens with one attached hydrogen (secondary N) is 1. The predicted octanol–water partition coefficient (Wildman–Crippen LogP) is 4.85. The molecule has 3 aromatic carbocycles. The van der Waals surface area contributed by atoms with Crippen LogP contribution in [0.3, 0.4) is 0 Å². The van der Waals surface area contributed by atoms with Crippen LogP contribution in [0, 0.1) is 0 Å². The number of nitrogens with zero attached hydrogens (tertiary/aromatic N) is 2. The summed E-state index contributed by atoms with van der Waals surface area (Å²) in [6.07, 6.45) is 2.89. The molecule has 6 heteroatoms. The highest BCUT2D eigenvalue weighted by molar-refractivity contribution is 5.94. The molecule has 1 fully saturated rings. The number of fused-ring (bicyclic) bond motifs is 1. The number of carbonyl (C=O) groups excluding carboxylic acids is 2. The van der Waals surface area contributed by atoms with Gasteiger partial charge in [0.25, 0.3) is 5.91 Å². The summed E-state index contributed by atoms with van der Waals surface area (Å²) in [6, 6.07) is 24.9. The number of para-hydroxylation sites is 2. The van der Waals surface area contributed by atoms with Crippen LogP contribution >= 0.6 is 0 Å². The van der Waals surface area contributed by atoms with Crippen molar-refractivity contribution in [1.29, 1.82) is 0 Å². The highest BCUT2D eigenvalue weighted by atomic mass is 16.3. The third kappa shape index (κ3) is 4.71. The number of carbonyl (C=O) groups is 2. The smallest absolute Gasteiger partial charge is 0.253 e. The topological polar surface area (TPSA) is 75.4 Å². The molecule has 172 valence electrons. The lowest BCUT2D eigenvalue weighted by Crippen LogP contribution is -2.38. The van der Waals surface area contributed by atoms with Gasteiger partial charge in [0, 0.05) is 30.3 Å². The minimum Gasteiger partial charge on any atom is -0.436 e. The molecular weight excluding hydrogens is 426 g/mol. The van der Waals surface area contributed by atoms with Crippen molar-refractivity contribution in [3.63, 3.8) is 0 Å². The van der Waals surface area contributed by atoms with E-state index < -0.39 is 0 Å². The minimum absolute atomic E-state index is 0.0228. The molecule has 1 aliphatic rings. The van der Waals surface area contributed by atoms with Crippen LogP contribution < -0.4 is 5.32 Å². The van der Waals surface area contributed by atoms with Crippen LogP contribution in [0.4, 0.5) is 0 Å².